The van der Waals surface area contributed by atoms with Gasteiger partial charge in [0.1, 0.15) is 6.61 Å². The van der Waals surface area contributed by atoms with Gasteiger partial charge in [-0.2, -0.15) is 0 Å². The number of methoxy groups -OCH3 is 1. The summed E-state index contributed by atoms with van der Waals surface area (Å²) in [7, 11) is -1.96. The molecule has 3 rings (SSSR count). The Balaban J connectivity index is 1.65. The monoisotopic (exact) mass is 411 g/mol. The Morgan fingerprint density at radius 2 is 1.52 bits per heavy atom. The Hall–Kier alpha value is -2.83. The van der Waals surface area contributed by atoms with E-state index in [2.05, 4.69) is 4.72 Å². The zero-order valence-corrected chi connectivity index (χ0v) is 17.4. The molecule has 29 heavy (non-hydrogen) atoms. The molecule has 0 bridgehead atoms. The highest BCUT2D eigenvalue weighted by atomic mass is 32.2. The summed E-state index contributed by atoms with van der Waals surface area (Å²) in [6, 6.07) is 23.7. The molecule has 0 saturated carbocycles. The van der Waals surface area contributed by atoms with Crippen molar-refractivity contribution in [2.75, 3.05) is 7.11 Å². The largest absolute Gasteiger partial charge is 0.493 e. The lowest BCUT2D eigenvalue weighted by Crippen LogP contribution is -2.34. The van der Waals surface area contributed by atoms with Crippen LogP contribution in [0.1, 0.15) is 18.1 Å². The molecule has 0 aliphatic rings. The summed E-state index contributed by atoms with van der Waals surface area (Å²) in [5.41, 5.74) is 2.03. The molecule has 0 aliphatic heterocycles. The zero-order valence-electron chi connectivity index (χ0n) is 16.5. The van der Waals surface area contributed by atoms with Gasteiger partial charge in [0.15, 0.2) is 11.5 Å². The Morgan fingerprint density at radius 1 is 0.862 bits per heavy atom. The molecule has 0 radical (unpaired) electrons. The van der Waals surface area contributed by atoms with Crippen LogP contribution in [0.15, 0.2) is 83.8 Å². The fourth-order valence-electron chi connectivity index (χ4n) is 3.02. The minimum Gasteiger partial charge on any atom is -0.493 e. The molecule has 152 valence electrons. The quantitative estimate of drug-likeness (QED) is 0.574. The molecule has 0 fully saturated rings. The van der Waals surface area contributed by atoms with Gasteiger partial charge in [0.2, 0.25) is 10.0 Å². The van der Waals surface area contributed by atoms with Crippen LogP contribution in [-0.2, 0) is 23.1 Å². The topological polar surface area (TPSA) is 64.6 Å². The maximum Gasteiger partial charge on any atom is 0.240 e. The van der Waals surface area contributed by atoms with E-state index in [1.54, 1.807) is 37.4 Å². The van der Waals surface area contributed by atoms with Crippen molar-refractivity contribution in [3.05, 3.63) is 90.0 Å². The Morgan fingerprint density at radius 3 is 2.17 bits per heavy atom. The van der Waals surface area contributed by atoms with E-state index in [0.717, 1.165) is 11.1 Å². The summed E-state index contributed by atoms with van der Waals surface area (Å²) in [6.07, 6.45) is 0.529. The molecule has 0 spiro atoms. The van der Waals surface area contributed by atoms with Crippen molar-refractivity contribution >= 4 is 10.0 Å². The minimum atomic E-state index is -3.55. The average Bonchev–Trinajstić information content (AvgIpc) is 2.73. The molecule has 0 aliphatic carbocycles. The van der Waals surface area contributed by atoms with Gasteiger partial charge >= 0.3 is 0 Å². The lowest BCUT2D eigenvalue weighted by molar-refractivity contribution is 0.284. The summed E-state index contributed by atoms with van der Waals surface area (Å²) in [5, 5.41) is 0. The third-order valence-corrected chi connectivity index (χ3v) is 6.02. The predicted octanol–water partition coefficient (Wildman–Crippen LogP) is 4.18. The number of hydrogen-bond acceptors (Lipinski definition) is 4. The summed E-state index contributed by atoms with van der Waals surface area (Å²) in [5.74, 6) is 1.27. The molecule has 1 atom stereocenters. The number of hydrogen-bond donors (Lipinski definition) is 1. The maximum absolute atomic E-state index is 12.5. The third-order valence-electron chi connectivity index (χ3n) is 4.42. The summed E-state index contributed by atoms with van der Waals surface area (Å²) < 4.78 is 39.0. The van der Waals surface area contributed by atoms with E-state index in [9.17, 15) is 8.42 Å². The van der Waals surface area contributed by atoms with E-state index in [1.807, 2.05) is 55.5 Å². The zero-order chi connectivity index (χ0) is 20.7. The van der Waals surface area contributed by atoms with Crippen molar-refractivity contribution in [3.8, 4) is 11.5 Å². The SMILES string of the molecule is COc1cc(CC(C)NS(=O)(=O)c2ccccc2)ccc1OCc1ccccc1. The van der Waals surface area contributed by atoms with E-state index < -0.39 is 10.0 Å². The van der Waals surface area contributed by atoms with Crippen LogP contribution in [0.3, 0.4) is 0 Å². The number of nitrogens with one attached hydrogen (secondary N) is 1. The fourth-order valence-corrected chi connectivity index (χ4v) is 4.29. The van der Waals surface area contributed by atoms with Gasteiger partial charge < -0.3 is 9.47 Å². The highest BCUT2D eigenvalue weighted by Gasteiger charge is 2.17. The first kappa shape index (κ1) is 20.9. The Kier molecular flexibility index (Phi) is 6.90. The normalized spacial score (nSPS) is 12.3. The van der Waals surface area contributed by atoms with Gasteiger partial charge in [0.25, 0.3) is 0 Å². The van der Waals surface area contributed by atoms with Gasteiger partial charge in [0.05, 0.1) is 12.0 Å². The van der Waals surface area contributed by atoms with Gasteiger partial charge in [-0.15, -0.1) is 0 Å². The molecule has 0 saturated heterocycles. The highest BCUT2D eigenvalue weighted by Crippen LogP contribution is 2.29. The molecule has 5 nitrogen and oxygen atoms in total. The van der Waals surface area contributed by atoms with Gasteiger partial charge in [-0.1, -0.05) is 54.6 Å². The first-order valence-corrected chi connectivity index (χ1v) is 10.9. The summed E-state index contributed by atoms with van der Waals surface area (Å²) in [4.78, 5) is 0.258. The van der Waals surface area contributed by atoms with E-state index in [-0.39, 0.29) is 10.9 Å². The molecule has 0 aromatic heterocycles. The van der Waals surface area contributed by atoms with Crippen molar-refractivity contribution in [1.29, 1.82) is 0 Å². The summed E-state index contributed by atoms with van der Waals surface area (Å²) in [6.45, 7) is 2.29. The van der Waals surface area contributed by atoms with E-state index in [1.165, 1.54) is 0 Å². The van der Waals surface area contributed by atoms with Gasteiger partial charge in [-0.25, -0.2) is 13.1 Å². The van der Waals surface area contributed by atoms with Crippen molar-refractivity contribution in [1.82, 2.24) is 4.72 Å². The Labute approximate surface area is 172 Å². The first-order chi connectivity index (χ1) is 14.0. The molecular formula is C23H25NO4S. The molecule has 6 heteroatoms. The Bertz CT molecular complexity index is 1020. The molecule has 1 N–H and O–H groups in total. The number of ether oxygens (including phenoxy) is 2. The summed E-state index contributed by atoms with van der Waals surface area (Å²) >= 11 is 0. The van der Waals surface area contributed by atoms with Crippen LogP contribution >= 0.6 is 0 Å². The van der Waals surface area contributed by atoms with Crippen molar-refractivity contribution < 1.29 is 17.9 Å². The second kappa shape index (κ2) is 9.58. The third kappa shape index (κ3) is 5.82. The predicted molar refractivity (Wildman–Crippen MR) is 114 cm³/mol. The second-order valence-electron chi connectivity index (χ2n) is 6.80. The van der Waals surface area contributed by atoms with Crippen LogP contribution in [0.25, 0.3) is 0 Å². The number of rotatable bonds is 9. The van der Waals surface area contributed by atoms with E-state index in [0.29, 0.717) is 24.5 Å². The van der Waals surface area contributed by atoms with Crippen molar-refractivity contribution in [2.24, 2.45) is 0 Å². The van der Waals surface area contributed by atoms with Crippen molar-refractivity contribution in [3.63, 3.8) is 0 Å². The molecule has 3 aromatic rings. The molecule has 3 aromatic carbocycles. The smallest absolute Gasteiger partial charge is 0.240 e. The lowest BCUT2D eigenvalue weighted by Gasteiger charge is -2.16. The van der Waals surface area contributed by atoms with Crippen LogP contribution in [0.2, 0.25) is 0 Å². The van der Waals surface area contributed by atoms with Gasteiger partial charge in [-0.05, 0) is 48.7 Å². The fraction of sp³-hybridized carbons (Fsp3) is 0.217. The van der Waals surface area contributed by atoms with Gasteiger partial charge in [0, 0.05) is 6.04 Å². The molecule has 0 amide bonds. The number of sulfonamides is 1. The average molecular weight is 412 g/mol. The molecule has 1 unspecified atom stereocenters. The van der Waals surface area contributed by atoms with Crippen molar-refractivity contribution in [2.45, 2.75) is 30.9 Å². The van der Waals surface area contributed by atoms with Crippen LogP contribution in [-0.4, -0.2) is 21.6 Å². The second-order valence-corrected chi connectivity index (χ2v) is 8.51. The van der Waals surface area contributed by atoms with E-state index in [4.69, 9.17) is 9.47 Å². The molecule has 0 heterocycles. The van der Waals surface area contributed by atoms with E-state index >= 15 is 0 Å². The van der Waals surface area contributed by atoms with Crippen LogP contribution < -0.4 is 14.2 Å². The highest BCUT2D eigenvalue weighted by molar-refractivity contribution is 7.89. The molecular weight excluding hydrogens is 386 g/mol. The maximum atomic E-state index is 12.5. The lowest BCUT2D eigenvalue weighted by atomic mass is 10.1. The van der Waals surface area contributed by atoms with Crippen LogP contribution in [0.5, 0.6) is 11.5 Å². The number of benzene rings is 3. The van der Waals surface area contributed by atoms with Crippen LogP contribution in [0, 0.1) is 0 Å². The van der Waals surface area contributed by atoms with Gasteiger partial charge in [-0.3, -0.25) is 0 Å². The first-order valence-electron chi connectivity index (χ1n) is 9.39. The standard InChI is InChI=1S/C23H25NO4S/c1-18(24-29(25,26)21-11-7-4-8-12-21)15-20-13-14-22(23(16-20)27-2)28-17-19-9-5-3-6-10-19/h3-14,16,18,24H,15,17H2,1-2H3. The minimum absolute atomic E-state index is 0.258. The van der Waals surface area contributed by atoms with Crippen LogP contribution in [0.4, 0.5) is 0 Å².